The van der Waals surface area contributed by atoms with Crippen molar-refractivity contribution in [1.29, 1.82) is 0 Å². The number of nitrogens with zero attached hydrogens (tertiary/aromatic N) is 2. The Morgan fingerprint density at radius 2 is 2.12 bits per heavy atom. The molecular formula is C13H13ClN2O. The minimum absolute atomic E-state index is 0.242. The number of ether oxygens (including phenoxy) is 1. The fourth-order valence-electron chi connectivity index (χ4n) is 1.66. The predicted octanol–water partition coefficient (Wildman–Crippen LogP) is 3.37. The van der Waals surface area contributed by atoms with Crippen LogP contribution in [0.25, 0.3) is 11.3 Å². The first-order valence-corrected chi connectivity index (χ1v) is 5.78. The number of rotatable bonds is 3. The van der Waals surface area contributed by atoms with Crippen molar-refractivity contribution in [2.45, 2.75) is 13.3 Å². The average molecular weight is 249 g/mol. The van der Waals surface area contributed by atoms with Gasteiger partial charge >= 0.3 is 0 Å². The Labute approximate surface area is 105 Å². The van der Waals surface area contributed by atoms with Crippen LogP contribution >= 0.6 is 11.6 Å². The molecule has 0 aliphatic heterocycles. The molecule has 0 spiro atoms. The Bertz CT molecular complexity index is 529. The zero-order valence-corrected chi connectivity index (χ0v) is 10.5. The number of benzene rings is 1. The molecule has 1 heterocycles. The average Bonchev–Trinajstić information content (AvgIpc) is 2.38. The summed E-state index contributed by atoms with van der Waals surface area (Å²) >= 11 is 5.80. The van der Waals surface area contributed by atoms with Crippen molar-refractivity contribution in [3.63, 3.8) is 0 Å². The SMILES string of the molecule is CCc1ccc(OC)c(-c2ccnc(Cl)n2)c1. The third kappa shape index (κ3) is 2.56. The maximum Gasteiger partial charge on any atom is 0.222 e. The number of halogens is 1. The van der Waals surface area contributed by atoms with Crippen LogP contribution < -0.4 is 4.74 Å². The van der Waals surface area contributed by atoms with Crippen molar-refractivity contribution in [3.05, 3.63) is 41.3 Å². The lowest BCUT2D eigenvalue weighted by Gasteiger charge is -2.09. The Morgan fingerprint density at radius 3 is 2.76 bits per heavy atom. The normalized spacial score (nSPS) is 10.3. The van der Waals surface area contributed by atoms with Gasteiger partial charge in [0.25, 0.3) is 0 Å². The highest BCUT2D eigenvalue weighted by molar-refractivity contribution is 6.28. The van der Waals surface area contributed by atoms with Gasteiger partial charge < -0.3 is 4.74 Å². The molecule has 1 aromatic carbocycles. The molecule has 3 nitrogen and oxygen atoms in total. The first-order chi connectivity index (χ1) is 8.24. The lowest BCUT2D eigenvalue weighted by atomic mass is 10.1. The summed E-state index contributed by atoms with van der Waals surface area (Å²) in [5.74, 6) is 0.789. The number of aromatic nitrogens is 2. The van der Waals surface area contributed by atoms with Gasteiger partial charge in [0, 0.05) is 11.8 Å². The molecule has 0 unspecified atom stereocenters. The molecule has 4 heteroatoms. The van der Waals surface area contributed by atoms with Crippen LogP contribution in [0.5, 0.6) is 5.75 Å². The molecule has 17 heavy (non-hydrogen) atoms. The van der Waals surface area contributed by atoms with Crippen LogP contribution in [0.3, 0.4) is 0 Å². The summed E-state index contributed by atoms with van der Waals surface area (Å²) in [5.41, 5.74) is 2.95. The Kier molecular flexibility index (Phi) is 3.59. The van der Waals surface area contributed by atoms with Gasteiger partial charge in [0.1, 0.15) is 5.75 Å². The third-order valence-electron chi connectivity index (χ3n) is 2.57. The quantitative estimate of drug-likeness (QED) is 0.782. The highest BCUT2D eigenvalue weighted by Gasteiger charge is 2.08. The van der Waals surface area contributed by atoms with Crippen LogP contribution in [0.4, 0.5) is 0 Å². The third-order valence-corrected chi connectivity index (χ3v) is 2.76. The van der Waals surface area contributed by atoms with Crippen molar-refractivity contribution in [1.82, 2.24) is 9.97 Å². The zero-order chi connectivity index (χ0) is 12.3. The van der Waals surface area contributed by atoms with E-state index in [1.165, 1.54) is 5.56 Å². The molecule has 2 aromatic rings. The number of methoxy groups -OCH3 is 1. The van der Waals surface area contributed by atoms with Crippen molar-refractivity contribution >= 4 is 11.6 Å². The molecule has 0 aliphatic rings. The van der Waals surface area contributed by atoms with Crippen LogP contribution in [0, 0.1) is 0 Å². The molecule has 0 amide bonds. The van der Waals surface area contributed by atoms with Gasteiger partial charge in [0.15, 0.2) is 0 Å². The second-order valence-electron chi connectivity index (χ2n) is 3.60. The van der Waals surface area contributed by atoms with E-state index in [1.54, 1.807) is 13.3 Å². The van der Waals surface area contributed by atoms with E-state index in [4.69, 9.17) is 16.3 Å². The van der Waals surface area contributed by atoms with Gasteiger partial charge in [-0.1, -0.05) is 13.0 Å². The molecule has 0 saturated carbocycles. The van der Waals surface area contributed by atoms with E-state index in [2.05, 4.69) is 23.0 Å². The second kappa shape index (κ2) is 5.15. The Morgan fingerprint density at radius 1 is 1.29 bits per heavy atom. The van der Waals surface area contributed by atoms with Crippen LogP contribution in [-0.2, 0) is 6.42 Å². The van der Waals surface area contributed by atoms with Crippen LogP contribution in [-0.4, -0.2) is 17.1 Å². The number of aryl methyl sites for hydroxylation is 1. The molecule has 0 saturated heterocycles. The molecule has 0 aliphatic carbocycles. The molecule has 0 fully saturated rings. The lowest BCUT2D eigenvalue weighted by Crippen LogP contribution is -1.93. The molecule has 88 valence electrons. The molecule has 1 aromatic heterocycles. The summed E-state index contributed by atoms with van der Waals surface area (Å²) < 4.78 is 5.34. The smallest absolute Gasteiger partial charge is 0.222 e. The van der Waals surface area contributed by atoms with Gasteiger partial charge in [-0.25, -0.2) is 9.97 Å². The van der Waals surface area contributed by atoms with E-state index in [0.29, 0.717) is 0 Å². The summed E-state index contributed by atoms with van der Waals surface area (Å²) in [5, 5.41) is 0.242. The standard InChI is InChI=1S/C13H13ClN2O/c1-3-9-4-5-12(17-2)10(8-9)11-6-7-15-13(14)16-11/h4-8H,3H2,1-2H3. The van der Waals surface area contributed by atoms with Crippen molar-refractivity contribution in [2.24, 2.45) is 0 Å². The van der Waals surface area contributed by atoms with Gasteiger partial charge in [-0.15, -0.1) is 0 Å². The Hall–Kier alpha value is -1.61. The van der Waals surface area contributed by atoms with Crippen molar-refractivity contribution < 1.29 is 4.74 Å². The molecule has 0 N–H and O–H groups in total. The summed E-state index contributed by atoms with van der Waals surface area (Å²) in [6.07, 6.45) is 2.61. The van der Waals surface area contributed by atoms with Crippen LogP contribution in [0.1, 0.15) is 12.5 Å². The van der Waals surface area contributed by atoms with Crippen LogP contribution in [0.15, 0.2) is 30.5 Å². The van der Waals surface area contributed by atoms with Crippen LogP contribution in [0.2, 0.25) is 5.28 Å². The van der Waals surface area contributed by atoms with E-state index >= 15 is 0 Å². The maximum atomic E-state index is 5.80. The highest BCUT2D eigenvalue weighted by Crippen LogP contribution is 2.29. The fourth-order valence-corrected chi connectivity index (χ4v) is 1.81. The van der Waals surface area contributed by atoms with Gasteiger partial charge in [-0.3, -0.25) is 0 Å². The minimum Gasteiger partial charge on any atom is -0.496 e. The minimum atomic E-state index is 0.242. The first kappa shape index (κ1) is 11.9. The van der Waals surface area contributed by atoms with E-state index in [9.17, 15) is 0 Å². The summed E-state index contributed by atoms with van der Waals surface area (Å²) in [7, 11) is 1.65. The number of hydrogen-bond acceptors (Lipinski definition) is 3. The van der Waals surface area contributed by atoms with E-state index in [-0.39, 0.29) is 5.28 Å². The van der Waals surface area contributed by atoms with Crippen molar-refractivity contribution in [2.75, 3.05) is 7.11 Å². The fraction of sp³-hybridized carbons (Fsp3) is 0.231. The highest BCUT2D eigenvalue weighted by atomic mass is 35.5. The van der Waals surface area contributed by atoms with E-state index in [0.717, 1.165) is 23.4 Å². The van der Waals surface area contributed by atoms with Gasteiger partial charge in [-0.05, 0) is 41.8 Å². The Balaban J connectivity index is 2.56. The maximum absolute atomic E-state index is 5.80. The predicted molar refractivity (Wildman–Crippen MR) is 68.4 cm³/mol. The van der Waals surface area contributed by atoms with Gasteiger partial charge in [-0.2, -0.15) is 0 Å². The van der Waals surface area contributed by atoms with E-state index < -0.39 is 0 Å². The topological polar surface area (TPSA) is 35.0 Å². The van der Waals surface area contributed by atoms with Crippen molar-refractivity contribution in [3.8, 4) is 17.0 Å². The molecular weight excluding hydrogens is 236 g/mol. The molecule has 0 atom stereocenters. The summed E-state index contributed by atoms with van der Waals surface area (Å²) in [6.45, 7) is 2.11. The molecule has 0 radical (unpaired) electrons. The summed E-state index contributed by atoms with van der Waals surface area (Å²) in [4.78, 5) is 8.08. The monoisotopic (exact) mass is 248 g/mol. The largest absolute Gasteiger partial charge is 0.496 e. The van der Waals surface area contributed by atoms with Gasteiger partial charge in [0.2, 0.25) is 5.28 Å². The lowest BCUT2D eigenvalue weighted by molar-refractivity contribution is 0.416. The molecule has 2 rings (SSSR count). The summed E-state index contributed by atoms with van der Waals surface area (Å²) in [6, 6.07) is 7.88. The number of hydrogen-bond donors (Lipinski definition) is 0. The zero-order valence-electron chi connectivity index (χ0n) is 9.77. The first-order valence-electron chi connectivity index (χ1n) is 5.40. The molecule has 0 bridgehead atoms. The van der Waals surface area contributed by atoms with Gasteiger partial charge in [0.05, 0.1) is 12.8 Å². The van der Waals surface area contributed by atoms with E-state index in [1.807, 2.05) is 18.2 Å². The second-order valence-corrected chi connectivity index (χ2v) is 3.94.